The van der Waals surface area contributed by atoms with Gasteiger partial charge in [-0.2, -0.15) is 0 Å². The van der Waals surface area contributed by atoms with Crippen LogP contribution in [-0.4, -0.2) is 9.55 Å². The van der Waals surface area contributed by atoms with E-state index >= 15 is 0 Å². The summed E-state index contributed by atoms with van der Waals surface area (Å²) in [7, 11) is 0. The van der Waals surface area contributed by atoms with Crippen LogP contribution in [-0.2, 0) is 10.8 Å². The van der Waals surface area contributed by atoms with Crippen LogP contribution in [0.1, 0.15) is 44.5 Å². The Labute approximate surface area is 366 Å². The van der Waals surface area contributed by atoms with E-state index in [0.29, 0.717) is 0 Å². The lowest BCUT2D eigenvalue weighted by molar-refractivity contribution is 0.633. The van der Waals surface area contributed by atoms with E-state index in [1.54, 1.807) is 0 Å². The maximum Gasteiger partial charge on any atom is 0.138 e. The van der Waals surface area contributed by atoms with Crippen molar-refractivity contribution in [3.8, 4) is 50.5 Å². The molecule has 0 amide bonds. The highest BCUT2D eigenvalue weighted by Crippen LogP contribution is 2.68. The molecule has 0 bridgehead atoms. The normalized spacial score (nSPS) is 14.3. The fraction of sp³-hybridized carbons (Fsp3) is 0.0328. The molecule has 292 valence electrons. The number of benzene rings is 9. The summed E-state index contributed by atoms with van der Waals surface area (Å²) in [5, 5.41) is 2.43. The lowest BCUT2D eigenvalue weighted by Gasteiger charge is -2.48. The van der Waals surface area contributed by atoms with Gasteiger partial charge in [-0.1, -0.05) is 212 Å². The Morgan fingerprint density at radius 2 is 0.778 bits per heavy atom. The maximum atomic E-state index is 5.58. The van der Waals surface area contributed by atoms with Gasteiger partial charge in [-0.05, 0) is 90.5 Å². The summed E-state index contributed by atoms with van der Waals surface area (Å²) in [5.41, 5.74) is 21.4. The minimum absolute atomic E-state index is 0.488. The third-order valence-electron chi connectivity index (χ3n) is 14.5. The lowest BCUT2D eigenvalue weighted by atomic mass is 9.52. The summed E-state index contributed by atoms with van der Waals surface area (Å²) in [5.74, 6) is 0.899. The molecule has 0 atom stereocenters. The highest BCUT2D eigenvalue weighted by molar-refractivity contribution is 6.16. The van der Waals surface area contributed by atoms with Crippen LogP contribution in [0.3, 0.4) is 0 Å². The van der Waals surface area contributed by atoms with Gasteiger partial charge in [0.1, 0.15) is 5.82 Å². The van der Waals surface area contributed by atoms with Gasteiger partial charge in [-0.25, -0.2) is 4.98 Å². The molecule has 0 aliphatic heterocycles. The molecule has 9 aromatic carbocycles. The van der Waals surface area contributed by atoms with Crippen molar-refractivity contribution in [3.63, 3.8) is 0 Å². The van der Waals surface area contributed by atoms with Crippen molar-refractivity contribution in [2.75, 3.05) is 0 Å². The van der Waals surface area contributed by atoms with Gasteiger partial charge in [0.15, 0.2) is 0 Å². The van der Waals surface area contributed by atoms with Gasteiger partial charge in [-0.15, -0.1) is 0 Å². The second-order valence-corrected chi connectivity index (χ2v) is 17.3. The molecule has 0 fully saturated rings. The smallest absolute Gasteiger partial charge is 0.138 e. The first-order chi connectivity index (χ1) is 31.3. The summed E-state index contributed by atoms with van der Waals surface area (Å²) in [6.07, 6.45) is 0. The van der Waals surface area contributed by atoms with Gasteiger partial charge >= 0.3 is 0 Å². The van der Waals surface area contributed by atoms with Gasteiger partial charge in [0, 0.05) is 21.9 Å². The van der Waals surface area contributed by atoms with E-state index in [9.17, 15) is 0 Å². The molecule has 2 nitrogen and oxygen atoms in total. The van der Waals surface area contributed by atoms with Crippen LogP contribution in [0, 0.1) is 0 Å². The lowest BCUT2D eigenvalue weighted by Crippen LogP contribution is -2.43. The van der Waals surface area contributed by atoms with Crippen molar-refractivity contribution in [3.05, 3.63) is 275 Å². The molecule has 2 heterocycles. The monoisotopic (exact) mass is 798 g/mol. The Morgan fingerprint density at radius 1 is 0.317 bits per heavy atom. The number of para-hydroxylation sites is 1. The number of pyridine rings is 1. The van der Waals surface area contributed by atoms with E-state index in [1.807, 2.05) is 0 Å². The number of rotatable bonds is 3. The van der Waals surface area contributed by atoms with E-state index in [0.717, 1.165) is 33.7 Å². The molecule has 0 unspecified atom stereocenters. The van der Waals surface area contributed by atoms with Crippen molar-refractivity contribution in [1.29, 1.82) is 0 Å². The Balaban J connectivity index is 1.13. The summed E-state index contributed by atoms with van der Waals surface area (Å²) in [6.45, 7) is 0. The number of nitrogens with zero attached hydrogens (tertiary/aromatic N) is 2. The largest absolute Gasteiger partial charge is 0.293 e. The SMILES string of the molecule is c1ccc(-c2cc(-c3ccccc3)nc(-n3c4ccccc4c4ccc5c(c43)-c3ccccc3C53c4ccccc4C4(c5ccccc5-c5ccccc54)c4ccccc43)c2)cc1. The molecule has 14 rings (SSSR count). The van der Waals surface area contributed by atoms with E-state index in [4.69, 9.17) is 4.98 Å². The van der Waals surface area contributed by atoms with Gasteiger partial charge in [0.2, 0.25) is 0 Å². The van der Waals surface area contributed by atoms with Gasteiger partial charge in [0.05, 0.1) is 27.6 Å². The number of fused-ring (bicyclic) bond motifs is 20. The summed E-state index contributed by atoms with van der Waals surface area (Å²) in [6, 6.07) is 85.8. The van der Waals surface area contributed by atoms with Crippen LogP contribution < -0.4 is 0 Å². The molecule has 2 spiro atoms. The zero-order chi connectivity index (χ0) is 41.3. The van der Waals surface area contributed by atoms with Crippen LogP contribution in [0.25, 0.3) is 72.3 Å². The molecule has 3 aliphatic rings. The molecule has 2 heteroatoms. The fourth-order valence-corrected chi connectivity index (χ4v) is 12.2. The molecular weight excluding hydrogens is 761 g/mol. The third kappa shape index (κ3) is 4.35. The minimum atomic E-state index is -0.596. The average Bonchev–Trinajstić information content (AvgIpc) is 3.97. The number of hydrogen-bond acceptors (Lipinski definition) is 1. The second kappa shape index (κ2) is 12.7. The van der Waals surface area contributed by atoms with Gasteiger partial charge in [0.25, 0.3) is 0 Å². The van der Waals surface area contributed by atoms with E-state index < -0.39 is 10.8 Å². The molecule has 3 aliphatic carbocycles. The average molecular weight is 799 g/mol. The van der Waals surface area contributed by atoms with Gasteiger partial charge in [-0.3, -0.25) is 4.57 Å². The zero-order valence-corrected chi connectivity index (χ0v) is 34.3. The van der Waals surface area contributed by atoms with Crippen molar-refractivity contribution in [1.82, 2.24) is 9.55 Å². The Bertz CT molecular complexity index is 3530. The first kappa shape index (κ1) is 34.6. The first-order valence-corrected chi connectivity index (χ1v) is 22.0. The number of hydrogen-bond donors (Lipinski definition) is 0. The molecule has 0 saturated heterocycles. The highest BCUT2D eigenvalue weighted by Gasteiger charge is 2.59. The molecule has 2 aromatic heterocycles. The quantitative estimate of drug-likeness (QED) is 0.174. The van der Waals surface area contributed by atoms with E-state index in [1.165, 1.54) is 83.1 Å². The van der Waals surface area contributed by atoms with Crippen molar-refractivity contribution in [2.24, 2.45) is 0 Å². The summed E-state index contributed by atoms with van der Waals surface area (Å²) < 4.78 is 2.46. The van der Waals surface area contributed by atoms with Crippen LogP contribution in [0.2, 0.25) is 0 Å². The second-order valence-electron chi connectivity index (χ2n) is 17.3. The third-order valence-corrected chi connectivity index (χ3v) is 14.5. The predicted octanol–water partition coefficient (Wildman–Crippen LogP) is 14.6. The van der Waals surface area contributed by atoms with Crippen LogP contribution >= 0.6 is 0 Å². The van der Waals surface area contributed by atoms with Crippen LogP contribution in [0.15, 0.2) is 231 Å². The number of aromatic nitrogens is 2. The fourth-order valence-electron chi connectivity index (χ4n) is 12.2. The summed E-state index contributed by atoms with van der Waals surface area (Å²) >= 11 is 0. The van der Waals surface area contributed by atoms with E-state index in [2.05, 4.69) is 235 Å². The van der Waals surface area contributed by atoms with Crippen LogP contribution in [0.4, 0.5) is 0 Å². The predicted molar refractivity (Wildman–Crippen MR) is 258 cm³/mol. The zero-order valence-electron chi connectivity index (χ0n) is 34.3. The molecule has 0 N–H and O–H groups in total. The molecule has 63 heavy (non-hydrogen) atoms. The Hall–Kier alpha value is -8.07. The molecular formula is C61H38N2. The Morgan fingerprint density at radius 3 is 1.38 bits per heavy atom. The van der Waals surface area contributed by atoms with Gasteiger partial charge < -0.3 is 0 Å². The topological polar surface area (TPSA) is 17.8 Å². The molecule has 0 saturated carbocycles. The van der Waals surface area contributed by atoms with E-state index in [-0.39, 0.29) is 0 Å². The minimum Gasteiger partial charge on any atom is -0.293 e. The molecule has 0 radical (unpaired) electrons. The van der Waals surface area contributed by atoms with Crippen molar-refractivity contribution >= 4 is 21.8 Å². The molecule has 11 aromatic rings. The van der Waals surface area contributed by atoms with Crippen molar-refractivity contribution < 1.29 is 0 Å². The van der Waals surface area contributed by atoms with Crippen LogP contribution in [0.5, 0.6) is 0 Å². The van der Waals surface area contributed by atoms with Crippen molar-refractivity contribution in [2.45, 2.75) is 10.8 Å². The standard InChI is InChI=1S/C61H38N2/c1-3-19-39(20-4-1)41-37-55(40-21-5-2-6-22-40)62-57(38-41)63-56-34-18-10-25-44(56)45-35-36-54-58(59(45)63)46-26-9-13-29-49(46)61(54)52-32-16-14-30-50(52)60(51-31-15-17-33-53(51)61)47-27-11-7-23-42(47)43-24-8-12-28-48(43)60/h1-38H. The highest BCUT2D eigenvalue weighted by atomic mass is 15.1. The summed E-state index contributed by atoms with van der Waals surface area (Å²) in [4.78, 5) is 5.58. The Kier molecular flexibility index (Phi) is 7.00. The maximum absolute atomic E-state index is 5.58. The first-order valence-electron chi connectivity index (χ1n) is 22.0.